The quantitative estimate of drug-likeness (QED) is 0.0498. The number of ether oxygens (including phenoxy) is 3. The van der Waals surface area contributed by atoms with Crippen LogP contribution in [0.1, 0.15) is 124 Å². The molecule has 0 aliphatic carbocycles. The van der Waals surface area contributed by atoms with Gasteiger partial charge in [0, 0.05) is 37.0 Å². The van der Waals surface area contributed by atoms with Gasteiger partial charge in [-0.15, -0.1) is 0 Å². The van der Waals surface area contributed by atoms with E-state index in [-0.39, 0.29) is 69.1 Å². The van der Waals surface area contributed by atoms with Crippen LogP contribution < -0.4 is 20.1 Å². The van der Waals surface area contributed by atoms with Crippen molar-refractivity contribution in [1.82, 2.24) is 9.21 Å². The van der Waals surface area contributed by atoms with Crippen LogP contribution in [0.15, 0.2) is 89.8 Å². The number of hydrogen-bond donors (Lipinski definition) is 2. The minimum Gasteiger partial charge on any atom is -0.495 e. The van der Waals surface area contributed by atoms with Gasteiger partial charge in [-0.25, -0.2) is 13.3 Å². The van der Waals surface area contributed by atoms with E-state index in [0.717, 1.165) is 31.1 Å². The summed E-state index contributed by atoms with van der Waals surface area (Å²) in [5.41, 5.74) is -1.67. The summed E-state index contributed by atoms with van der Waals surface area (Å²) in [6, 6.07) is 21.3. The first-order valence-corrected chi connectivity index (χ1v) is 23.0. The molecule has 0 saturated carbocycles. The highest BCUT2D eigenvalue weighted by molar-refractivity contribution is 7.89. The minimum atomic E-state index is -3.99. The first kappa shape index (κ1) is 49.1. The average molecular weight is 897 g/mol. The number of Topliss-reactive ketones (excluding diaryl/α,β-unsaturated/α-hetero) is 1. The number of benzene rings is 4. The van der Waals surface area contributed by atoms with Gasteiger partial charge in [-0.3, -0.25) is 24.0 Å². The lowest BCUT2D eigenvalue weighted by Crippen LogP contribution is -2.65. The van der Waals surface area contributed by atoms with Gasteiger partial charge in [0.05, 0.1) is 28.8 Å². The van der Waals surface area contributed by atoms with Crippen LogP contribution in [0.25, 0.3) is 0 Å². The van der Waals surface area contributed by atoms with Crippen molar-refractivity contribution >= 4 is 50.8 Å². The number of ketones is 1. The van der Waals surface area contributed by atoms with E-state index in [9.17, 15) is 27.6 Å². The van der Waals surface area contributed by atoms with E-state index in [1.54, 1.807) is 13.8 Å². The Bertz CT molecular complexity index is 2510. The molecule has 0 saturated heterocycles. The fourth-order valence-corrected chi connectivity index (χ4v) is 9.03. The van der Waals surface area contributed by atoms with Crippen LogP contribution >= 0.6 is 0 Å². The predicted molar refractivity (Wildman–Crippen MR) is 246 cm³/mol. The van der Waals surface area contributed by atoms with Crippen molar-refractivity contribution in [2.75, 3.05) is 37.9 Å². The molecule has 2 atom stereocenters. The molecule has 14 nitrogen and oxygen atoms in total. The van der Waals surface area contributed by atoms with Gasteiger partial charge in [0.15, 0.2) is 6.10 Å². The Morgan fingerprint density at radius 1 is 0.734 bits per heavy atom. The van der Waals surface area contributed by atoms with Gasteiger partial charge in [-0.2, -0.15) is 4.31 Å². The molecule has 2 N–H and O–H groups in total. The third-order valence-electron chi connectivity index (χ3n) is 12.4. The maximum Gasteiger partial charge on any atom is 0.296 e. The lowest BCUT2D eigenvalue weighted by Gasteiger charge is -2.36. The zero-order valence-corrected chi connectivity index (χ0v) is 39.4. The Morgan fingerprint density at radius 2 is 1.34 bits per heavy atom. The second kappa shape index (κ2) is 19.5. The number of rotatable bonds is 20. The summed E-state index contributed by atoms with van der Waals surface area (Å²) >= 11 is 0. The van der Waals surface area contributed by atoms with Crippen molar-refractivity contribution in [3.05, 3.63) is 113 Å². The van der Waals surface area contributed by atoms with Gasteiger partial charge in [0.1, 0.15) is 11.5 Å². The highest BCUT2D eigenvalue weighted by atomic mass is 32.2. The van der Waals surface area contributed by atoms with E-state index in [1.165, 1.54) is 78.1 Å². The normalized spacial score (nSPS) is 14.5. The number of nitrogens with one attached hydrogen (secondary N) is 2. The second-order valence-corrected chi connectivity index (χ2v) is 18.8. The predicted octanol–water partition coefficient (Wildman–Crippen LogP) is 8.36. The van der Waals surface area contributed by atoms with Crippen LogP contribution in [0, 0.1) is 0 Å². The van der Waals surface area contributed by atoms with Gasteiger partial charge in [0.25, 0.3) is 29.4 Å². The molecular formula is C49H60N4O10S. The van der Waals surface area contributed by atoms with Crippen molar-refractivity contribution in [1.29, 1.82) is 0 Å². The van der Waals surface area contributed by atoms with Gasteiger partial charge in [0.2, 0.25) is 15.8 Å². The molecule has 0 aromatic heterocycles. The highest BCUT2D eigenvalue weighted by Gasteiger charge is 2.60. The van der Waals surface area contributed by atoms with E-state index in [4.69, 9.17) is 14.2 Å². The van der Waals surface area contributed by atoms with Gasteiger partial charge < -0.3 is 24.8 Å². The van der Waals surface area contributed by atoms with Crippen molar-refractivity contribution in [2.24, 2.45) is 0 Å². The summed E-state index contributed by atoms with van der Waals surface area (Å²) in [5, 5.41) is 5.37. The maximum atomic E-state index is 15.1. The topological polar surface area (TPSA) is 178 Å². The number of anilines is 2. The van der Waals surface area contributed by atoms with Crippen LogP contribution in [0.3, 0.4) is 0 Å². The zero-order valence-electron chi connectivity index (χ0n) is 38.6. The van der Waals surface area contributed by atoms with Gasteiger partial charge >= 0.3 is 0 Å². The second-order valence-electron chi connectivity index (χ2n) is 16.8. The lowest BCUT2D eigenvalue weighted by molar-refractivity contribution is -0.144. The zero-order chi connectivity index (χ0) is 47.4. The summed E-state index contributed by atoms with van der Waals surface area (Å²) in [6.07, 6.45) is 1.01. The van der Waals surface area contributed by atoms with Crippen molar-refractivity contribution in [3.8, 4) is 11.5 Å². The van der Waals surface area contributed by atoms with Crippen molar-refractivity contribution < 1.29 is 46.6 Å². The molecule has 2 unspecified atom stereocenters. The SMILES string of the molecule is CCC(Oc1ccc(C(C)(C)CC)cc1C(C)(C)CC)C(=O)Nc1cc(C(=O)C(OC)(C(=O)Nc2cccc(S(=O)(=O)N(CC)CC)c2)N2C(=O)c3ccccc3C2=O)ccc1OC. The molecular weight excluding hydrogens is 837 g/mol. The third kappa shape index (κ3) is 9.19. The molecule has 0 fully saturated rings. The van der Waals surface area contributed by atoms with Crippen LogP contribution in [-0.2, 0) is 35.2 Å². The van der Waals surface area contributed by atoms with Gasteiger partial charge in [-0.1, -0.05) is 92.6 Å². The molecule has 4 aromatic rings. The first-order chi connectivity index (χ1) is 30.2. The Labute approximate surface area is 376 Å². The number of methoxy groups -OCH3 is 2. The van der Waals surface area contributed by atoms with Gasteiger partial charge in [-0.05, 0) is 90.3 Å². The first-order valence-electron chi connectivity index (χ1n) is 21.5. The van der Waals surface area contributed by atoms with E-state index in [2.05, 4.69) is 58.2 Å². The summed E-state index contributed by atoms with van der Waals surface area (Å²) < 4.78 is 45.9. The van der Waals surface area contributed by atoms with E-state index in [1.807, 2.05) is 19.1 Å². The largest absolute Gasteiger partial charge is 0.495 e. The standard InChI is InChI=1S/C49H60N4O10S/c1-12-39(63-40-27-25-32(47(6,7)13-2)29-37(40)48(8,9)14-3)43(55)51-38-28-31(24-26-41(38)61-10)42(54)49(62-11,53-44(56)35-22-17-18-23-36(35)45(53)57)46(58)50-33-20-19-21-34(30-33)64(59,60)52(15-4)16-5/h17-30,39H,12-16H2,1-11H3,(H,50,58)(H,51,55). The van der Waals surface area contributed by atoms with Crippen LogP contribution in [0.4, 0.5) is 11.4 Å². The lowest BCUT2D eigenvalue weighted by atomic mass is 9.76. The molecule has 0 spiro atoms. The minimum absolute atomic E-state index is 0.0247. The Hall–Kier alpha value is -5.90. The fraction of sp³-hybridized carbons (Fsp3) is 0.408. The van der Waals surface area contributed by atoms with Crippen LogP contribution in [0.5, 0.6) is 11.5 Å². The molecule has 0 bridgehead atoms. The number of sulfonamides is 1. The molecule has 342 valence electrons. The third-order valence-corrected chi connectivity index (χ3v) is 14.4. The fourth-order valence-electron chi connectivity index (χ4n) is 7.53. The summed E-state index contributed by atoms with van der Waals surface area (Å²) in [7, 11) is -1.61. The number of hydrogen-bond acceptors (Lipinski definition) is 10. The van der Waals surface area contributed by atoms with E-state index in [0.29, 0.717) is 10.6 Å². The Morgan fingerprint density at radius 3 is 1.89 bits per heavy atom. The molecule has 4 aromatic carbocycles. The molecule has 15 heteroatoms. The molecule has 1 heterocycles. The maximum absolute atomic E-state index is 15.1. The summed E-state index contributed by atoms with van der Waals surface area (Å²) in [6.45, 7) is 18.4. The Kier molecular flexibility index (Phi) is 14.9. The molecule has 1 aliphatic heterocycles. The molecule has 64 heavy (non-hydrogen) atoms. The van der Waals surface area contributed by atoms with E-state index < -0.39 is 51.3 Å². The van der Waals surface area contributed by atoms with Crippen LogP contribution in [-0.4, -0.2) is 86.2 Å². The smallest absolute Gasteiger partial charge is 0.296 e. The summed E-state index contributed by atoms with van der Waals surface area (Å²) in [5.74, 6) is -4.23. The summed E-state index contributed by atoms with van der Waals surface area (Å²) in [4.78, 5) is 72.5. The number of nitrogens with zero attached hydrogens (tertiary/aromatic N) is 2. The Balaban J connectivity index is 1.56. The highest BCUT2D eigenvalue weighted by Crippen LogP contribution is 2.40. The number of fused-ring (bicyclic) bond motifs is 1. The van der Waals surface area contributed by atoms with Crippen LogP contribution in [0.2, 0.25) is 0 Å². The monoisotopic (exact) mass is 896 g/mol. The molecule has 1 aliphatic rings. The molecule has 4 amide bonds. The number of carbonyl (C=O) groups is 5. The molecule has 0 radical (unpaired) electrons. The van der Waals surface area contributed by atoms with E-state index >= 15 is 4.79 Å². The van der Waals surface area contributed by atoms with Crippen molar-refractivity contribution in [2.45, 2.75) is 109 Å². The molecule has 5 rings (SSSR count). The number of imide groups is 1. The van der Waals surface area contributed by atoms with Crippen molar-refractivity contribution in [3.63, 3.8) is 0 Å². The number of amides is 4. The average Bonchev–Trinajstić information content (AvgIpc) is 3.54. The number of carbonyl (C=O) groups excluding carboxylic acids is 5.